The molecule has 1 aromatic carbocycles. The molecule has 0 aliphatic rings. The van der Waals surface area contributed by atoms with Crippen LogP contribution in [0.4, 0.5) is 5.69 Å². The Labute approximate surface area is 102 Å². The minimum absolute atomic E-state index is 0.409. The highest BCUT2D eigenvalue weighted by molar-refractivity contribution is 7.78. The maximum Gasteiger partial charge on any atom is 0.106 e. The van der Waals surface area contributed by atoms with Crippen LogP contribution in [-0.4, -0.2) is 18.5 Å². The average molecular weight is 261 g/mol. The van der Waals surface area contributed by atoms with Gasteiger partial charge in [0.25, 0.3) is 0 Å². The fraction of sp³-hybridized carbons (Fsp3) is 0.111. The number of hydrogen-bond donors (Lipinski definition) is 0. The number of thiocarbonyl (C=S) groups is 1. The van der Waals surface area contributed by atoms with Crippen LogP contribution < -0.4 is 0 Å². The quantitative estimate of drug-likeness (QED) is 0.472. The molecule has 0 aliphatic heterocycles. The van der Waals surface area contributed by atoms with Crippen molar-refractivity contribution in [2.45, 2.75) is 0 Å². The van der Waals surface area contributed by atoms with Crippen LogP contribution in [0.3, 0.4) is 0 Å². The van der Waals surface area contributed by atoms with E-state index in [2.05, 4.69) is 32.4 Å². The van der Waals surface area contributed by atoms with Gasteiger partial charge in [0.1, 0.15) is 7.11 Å². The number of oxime groups is 1. The number of rotatable bonds is 3. The van der Waals surface area contributed by atoms with E-state index >= 15 is 0 Å². The number of isothiocyanates is 1. The minimum Gasteiger partial charge on any atom is -0.399 e. The lowest BCUT2D eigenvalue weighted by Crippen LogP contribution is -1.84. The number of aliphatic imine (C=N–C) groups is 1. The number of halogens is 2. The Morgan fingerprint density at radius 1 is 1.40 bits per heavy atom. The molecule has 0 fully saturated rings. The van der Waals surface area contributed by atoms with Gasteiger partial charge in [-0.3, -0.25) is 0 Å². The largest absolute Gasteiger partial charge is 0.399 e. The molecule has 0 bridgehead atoms. The molecular weight excluding hydrogens is 255 g/mol. The highest BCUT2D eigenvalue weighted by Crippen LogP contribution is 2.30. The molecule has 0 heterocycles. The molecule has 78 valence electrons. The highest BCUT2D eigenvalue weighted by Gasteiger charge is 2.05. The van der Waals surface area contributed by atoms with Crippen molar-refractivity contribution in [3.63, 3.8) is 0 Å². The fourth-order valence-corrected chi connectivity index (χ4v) is 1.47. The molecule has 15 heavy (non-hydrogen) atoms. The first-order valence-corrected chi connectivity index (χ1v) is 4.99. The molecule has 1 rings (SSSR count). The second-order valence-electron chi connectivity index (χ2n) is 2.45. The molecule has 0 radical (unpaired) electrons. The summed E-state index contributed by atoms with van der Waals surface area (Å²) >= 11 is 16.3. The zero-order chi connectivity index (χ0) is 11.3. The van der Waals surface area contributed by atoms with Gasteiger partial charge in [-0.05, 0) is 24.4 Å². The molecule has 0 saturated carbocycles. The summed E-state index contributed by atoms with van der Waals surface area (Å²) in [4.78, 5) is 8.33. The fourth-order valence-electron chi connectivity index (χ4n) is 0.897. The lowest BCUT2D eigenvalue weighted by atomic mass is 10.2. The number of hydrogen-bond acceptors (Lipinski definition) is 4. The first kappa shape index (κ1) is 12.1. The van der Waals surface area contributed by atoms with Gasteiger partial charge >= 0.3 is 0 Å². The molecule has 1 aromatic rings. The Bertz CT molecular complexity index is 442. The van der Waals surface area contributed by atoms with Crippen LogP contribution in [0, 0.1) is 0 Å². The van der Waals surface area contributed by atoms with Crippen molar-refractivity contribution >= 4 is 52.5 Å². The molecule has 6 heteroatoms. The van der Waals surface area contributed by atoms with Crippen molar-refractivity contribution in [2.24, 2.45) is 10.1 Å². The van der Waals surface area contributed by atoms with E-state index in [0.29, 0.717) is 21.3 Å². The van der Waals surface area contributed by atoms with Crippen LogP contribution in [0.25, 0.3) is 0 Å². The summed E-state index contributed by atoms with van der Waals surface area (Å²) < 4.78 is 0. The zero-order valence-electron chi connectivity index (χ0n) is 7.70. The summed E-state index contributed by atoms with van der Waals surface area (Å²) in [6, 6.07) is 3.21. The molecular formula is C9H6Cl2N2OS. The number of benzene rings is 1. The highest BCUT2D eigenvalue weighted by atomic mass is 35.5. The third-order valence-corrected chi connectivity index (χ3v) is 2.25. The van der Waals surface area contributed by atoms with E-state index in [4.69, 9.17) is 23.2 Å². The van der Waals surface area contributed by atoms with Crippen LogP contribution in [0.2, 0.25) is 10.0 Å². The summed E-state index contributed by atoms with van der Waals surface area (Å²) in [6.07, 6.45) is 1.46. The van der Waals surface area contributed by atoms with Gasteiger partial charge in [-0.15, -0.1) is 0 Å². The predicted octanol–water partition coefficient (Wildman–Crippen LogP) is 3.71. The molecule has 0 spiro atoms. The van der Waals surface area contributed by atoms with E-state index in [1.807, 2.05) is 0 Å². The van der Waals surface area contributed by atoms with Crippen molar-refractivity contribution in [1.29, 1.82) is 0 Å². The zero-order valence-corrected chi connectivity index (χ0v) is 10.0. The van der Waals surface area contributed by atoms with E-state index in [1.54, 1.807) is 12.1 Å². The van der Waals surface area contributed by atoms with E-state index in [0.717, 1.165) is 0 Å². The van der Waals surface area contributed by atoms with Gasteiger partial charge in [0, 0.05) is 5.56 Å². The van der Waals surface area contributed by atoms with Crippen molar-refractivity contribution in [3.05, 3.63) is 27.7 Å². The average Bonchev–Trinajstić information content (AvgIpc) is 2.20. The summed E-state index contributed by atoms with van der Waals surface area (Å²) in [5, 5.41) is 6.70. The van der Waals surface area contributed by atoms with Crippen LogP contribution >= 0.6 is 35.4 Å². The Kier molecular flexibility index (Phi) is 4.72. The van der Waals surface area contributed by atoms with Gasteiger partial charge in [0.05, 0.1) is 27.1 Å². The van der Waals surface area contributed by atoms with Crippen LogP contribution in [0.15, 0.2) is 22.3 Å². The molecule has 0 amide bonds. The second-order valence-corrected chi connectivity index (χ2v) is 3.44. The van der Waals surface area contributed by atoms with Gasteiger partial charge in [-0.1, -0.05) is 28.4 Å². The van der Waals surface area contributed by atoms with Crippen LogP contribution in [-0.2, 0) is 4.84 Å². The van der Waals surface area contributed by atoms with Crippen LogP contribution in [0.5, 0.6) is 0 Å². The molecule has 0 N–H and O–H groups in total. The van der Waals surface area contributed by atoms with Gasteiger partial charge < -0.3 is 4.84 Å². The Morgan fingerprint density at radius 3 is 2.73 bits per heavy atom. The second kappa shape index (κ2) is 5.83. The van der Waals surface area contributed by atoms with Crippen molar-refractivity contribution in [1.82, 2.24) is 0 Å². The summed E-state index contributed by atoms with van der Waals surface area (Å²) in [7, 11) is 1.44. The lowest BCUT2D eigenvalue weighted by molar-refractivity contribution is 0.215. The van der Waals surface area contributed by atoms with E-state index in [9.17, 15) is 0 Å². The molecule has 0 atom stereocenters. The maximum atomic E-state index is 5.92. The van der Waals surface area contributed by atoms with Crippen molar-refractivity contribution in [2.75, 3.05) is 7.11 Å². The SMILES string of the molecule is CON=Cc1cc(N=C=S)c(Cl)cc1Cl. The maximum absolute atomic E-state index is 5.92. The first-order chi connectivity index (χ1) is 7.19. The standard InChI is InChI=1S/C9H6Cl2N2OS/c1-14-13-4-6-2-9(12-5-15)8(11)3-7(6)10/h2-4H,1H3. The lowest BCUT2D eigenvalue weighted by Gasteiger charge is -2.01. The van der Waals surface area contributed by atoms with Gasteiger partial charge in [0.15, 0.2) is 0 Å². The number of nitrogens with zero attached hydrogens (tertiary/aromatic N) is 2. The smallest absolute Gasteiger partial charge is 0.106 e. The van der Waals surface area contributed by atoms with E-state index in [1.165, 1.54) is 13.3 Å². The van der Waals surface area contributed by atoms with Crippen molar-refractivity contribution in [3.8, 4) is 0 Å². The normalized spacial score (nSPS) is 10.1. The minimum atomic E-state index is 0.409. The van der Waals surface area contributed by atoms with E-state index < -0.39 is 0 Å². The van der Waals surface area contributed by atoms with Gasteiger partial charge in [-0.2, -0.15) is 4.99 Å². The monoisotopic (exact) mass is 260 g/mol. The third-order valence-electron chi connectivity index (χ3n) is 1.53. The summed E-state index contributed by atoms with van der Waals surface area (Å²) in [5.41, 5.74) is 1.14. The Hall–Kier alpha value is -0.930. The molecule has 0 unspecified atom stereocenters. The van der Waals surface area contributed by atoms with Crippen molar-refractivity contribution < 1.29 is 4.84 Å². The van der Waals surface area contributed by atoms with Crippen LogP contribution in [0.1, 0.15) is 5.56 Å². The Balaban J connectivity index is 3.22. The summed E-state index contributed by atoms with van der Waals surface area (Å²) in [5.74, 6) is 0. The van der Waals surface area contributed by atoms with E-state index in [-0.39, 0.29) is 0 Å². The topological polar surface area (TPSA) is 34.0 Å². The molecule has 0 aliphatic carbocycles. The molecule has 0 saturated heterocycles. The van der Waals surface area contributed by atoms with Gasteiger partial charge in [0.2, 0.25) is 0 Å². The predicted molar refractivity (Wildman–Crippen MR) is 65.8 cm³/mol. The molecule has 0 aromatic heterocycles. The third kappa shape index (κ3) is 3.29. The Morgan fingerprint density at radius 2 is 2.13 bits per heavy atom. The van der Waals surface area contributed by atoms with Gasteiger partial charge in [-0.25, -0.2) is 0 Å². The first-order valence-electron chi connectivity index (χ1n) is 3.82. The summed E-state index contributed by atoms with van der Waals surface area (Å²) in [6.45, 7) is 0. The molecule has 3 nitrogen and oxygen atoms in total.